The van der Waals surface area contributed by atoms with Crippen LogP contribution in [0.4, 0.5) is 11.4 Å². The molecule has 2 heterocycles. The normalized spacial score (nSPS) is 22.8. The lowest BCUT2D eigenvalue weighted by atomic mass is 9.99. The first-order chi connectivity index (χ1) is 8.59. The number of carbonyl (C=O) groups excluding carboxylic acids is 1. The van der Waals surface area contributed by atoms with Crippen LogP contribution in [-0.2, 0) is 4.79 Å². The molecule has 96 valence electrons. The molecule has 0 aliphatic carbocycles. The van der Waals surface area contributed by atoms with Gasteiger partial charge in [0.05, 0.1) is 11.4 Å². The number of carbonyl (C=O) groups is 1. The van der Waals surface area contributed by atoms with Gasteiger partial charge < -0.3 is 15.1 Å². The van der Waals surface area contributed by atoms with Crippen LogP contribution in [0, 0.1) is 13.8 Å². The number of benzene rings is 1. The monoisotopic (exact) mass is 245 g/mol. The minimum Gasteiger partial charge on any atom is -0.355 e. The Morgan fingerprint density at radius 1 is 1.33 bits per heavy atom. The molecule has 0 aromatic heterocycles. The molecule has 2 aliphatic rings. The minimum atomic E-state index is -0.0438. The number of rotatable bonds is 0. The third-order valence-electron chi connectivity index (χ3n) is 3.93. The van der Waals surface area contributed by atoms with E-state index in [0.29, 0.717) is 0 Å². The van der Waals surface area contributed by atoms with Gasteiger partial charge in [0, 0.05) is 26.7 Å². The van der Waals surface area contributed by atoms with Gasteiger partial charge in [0.2, 0.25) is 0 Å². The van der Waals surface area contributed by atoms with Crippen LogP contribution in [0.3, 0.4) is 0 Å². The first-order valence-corrected chi connectivity index (χ1v) is 6.46. The minimum absolute atomic E-state index is 0.0438. The van der Waals surface area contributed by atoms with E-state index in [9.17, 15) is 4.79 Å². The molecular formula is C14H19N3O. The van der Waals surface area contributed by atoms with Crippen LogP contribution < -0.4 is 15.1 Å². The summed E-state index contributed by atoms with van der Waals surface area (Å²) in [4.78, 5) is 16.5. The van der Waals surface area contributed by atoms with Gasteiger partial charge >= 0.3 is 0 Å². The molecule has 3 rings (SSSR count). The van der Waals surface area contributed by atoms with Crippen LogP contribution in [0.1, 0.15) is 11.1 Å². The number of nitrogens with one attached hydrogen (secondary N) is 1. The van der Waals surface area contributed by atoms with E-state index in [0.717, 1.165) is 25.3 Å². The fourth-order valence-electron chi connectivity index (χ4n) is 3.10. The molecule has 1 aromatic rings. The molecule has 18 heavy (non-hydrogen) atoms. The lowest BCUT2D eigenvalue weighted by molar-refractivity contribution is -0.120. The number of hydrogen-bond acceptors (Lipinski definition) is 3. The van der Waals surface area contributed by atoms with E-state index >= 15 is 0 Å². The molecule has 1 atom stereocenters. The van der Waals surface area contributed by atoms with Crippen LogP contribution in [0.5, 0.6) is 0 Å². The van der Waals surface area contributed by atoms with Crippen LogP contribution >= 0.6 is 0 Å². The highest BCUT2D eigenvalue weighted by Crippen LogP contribution is 2.39. The number of piperazine rings is 1. The van der Waals surface area contributed by atoms with Gasteiger partial charge in [-0.25, -0.2) is 0 Å². The van der Waals surface area contributed by atoms with E-state index in [1.54, 1.807) is 0 Å². The zero-order chi connectivity index (χ0) is 12.9. The van der Waals surface area contributed by atoms with Crippen LogP contribution in [0.15, 0.2) is 12.1 Å². The fraction of sp³-hybridized carbons (Fsp3) is 0.500. The Morgan fingerprint density at radius 3 is 2.89 bits per heavy atom. The van der Waals surface area contributed by atoms with Crippen LogP contribution in [0.2, 0.25) is 0 Å². The summed E-state index contributed by atoms with van der Waals surface area (Å²) in [5.41, 5.74) is 4.75. The molecule has 1 aromatic carbocycles. The third kappa shape index (κ3) is 1.52. The predicted octanol–water partition coefficient (Wildman–Crippen LogP) is 1.06. The topological polar surface area (TPSA) is 35.6 Å². The largest absolute Gasteiger partial charge is 0.355 e. The van der Waals surface area contributed by atoms with E-state index in [-0.39, 0.29) is 11.9 Å². The highest BCUT2D eigenvalue weighted by Gasteiger charge is 2.38. The molecular weight excluding hydrogens is 226 g/mol. The standard InChI is InChI=1S/C14H19N3O/c1-9-6-10(2)13-11(7-9)16(3)14(18)12-8-15-4-5-17(12)13/h6-7,12,15H,4-5,8H2,1-3H3. The second-order valence-electron chi connectivity index (χ2n) is 5.26. The molecule has 4 nitrogen and oxygen atoms in total. The van der Waals surface area contributed by atoms with Crippen LogP contribution in [0.25, 0.3) is 0 Å². The molecule has 1 fully saturated rings. The number of likely N-dealkylation sites (N-methyl/N-ethyl adjacent to an activating group) is 1. The zero-order valence-electron chi connectivity index (χ0n) is 11.2. The first-order valence-electron chi connectivity index (χ1n) is 6.46. The summed E-state index contributed by atoms with van der Waals surface area (Å²) in [6, 6.07) is 4.26. The smallest absolute Gasteiger partial charge is 0.250 e. The molecule has 1 N–H and O–H groups in total. The highest BCUT2D eigenvalue weighted by atomic mass is 16.2. The maximum atomic E-state index is 12.4. The Morgan fingerprint density at radius 2 is 2.11 bits per heavy atom. The van der Waals surface area contributed by atoms with Crippen LogP contribution in [-0.4, -0.2) is 38.6 Å². The molecule has 0 spiro atoms. The van der Waals surface area contributed by atoms with E-state index in [4.69, 9.17) is 0 Å². The lowest BCUT2D eigenvalue weighted by Gasteiger charge is -2.45. The summed E-state index contributed by atoms with van der Waals surface area (Å²) in [7, 11) is 1.88. The van der Waals surface area contributed by atoms with Crippen molar-refractivity contribution >= 4 is 17.3 Å². The lowest BCUT2D eigenvalue weighted by Crippen LogP contribution is -2.61. The molecule has 4 heteroatoms. The molecule has 0 saturated carbocycles. The van der Waals surface area contributed by atoms with Gasteiger partial charge in [-0.3, -0.25) is 4.79 Å². The van der Waals surface area contributed by atoms with Gasteiger partial charge in [0.25, 0.3) is 5.91 Å². The van der Waals surface area contributed by atoms with Crippen molar-refractivity contribution in [3.8, 4) is 0 Å². The molecule has 1 amide bonds. The number of nitrogens with zero attached hydrogens (tertiary/aromatic N) is 2. The highest BCUT2D eigenvalue weighted by molar-refractivity contribution is 6.06. The molecule has 0 radical (unpaired) electrons. The second-order valence-corrected chi connectivity index (χ2v) is 5.26. The quantitative estimate of drug-likeness (QED) is 0.742. The van der Waals surface area contributed by atoms with Crippen molar-refractivity contribution in [2.24, 2.45) is 0 Å². The Hall–Kier alpha value is -1.55. The third-order valence-corrected chi connectivity index (χ3v) is 3.93. The first kappa shape index (κ1) is 11.5. The SMILES string of the molecule is Cc1cc(C)c2c(c1)N(C)C(=O)C1CNCCN21. The Kier molecular flexibility index (Phi) is 2.55. The second kappa shape index (κ2) is 3.99. The maximum Gasteiger partial charge on any atom is 0.250 e. The maximum absolute atomic E-state index is 12.4. The summed E-state index contributed by atoms with van der Waals surface area (Å²) in [6.45, 7) is 6.81. The summed E-state index contributed by atoms with van der Waals surface area (Å²) in [5, 5.41) is 3.31. The van der Waals surface area contributed by atoms with E-state index in [1.807, 2.05) is 11.9 Å². The molecule has 2 aliphatic heterocycles. The summed E-state index contributed by atoms with van der Waals surface area (Å²) < 4.78 is 0. The van der Waals surface area contributed by atoms with Gasteiger partial charge in [-0.1, -0.05) is 6.07 Å². The van der Waals surface area contributed by atoms with Crippen molar-refractivity contribution in [1.29, 1.82) is 0 Å². The van der Waals surface area contributed by atoms with Gasteiger partial charge in [0.15, 0.2) is 0 Å². The van der Waals surface area contributed by atoms with Crippen molar-refractivity contribution in [3.05, 3.63) is 23.3 Å². The van der Waals surface area contributed by atoms with Gasteiger partial charge in [-0.05, 0) is 31.0 Å². The Bertz CT molecular complexity index is 512. The Balaban J connectivity index is 2.18. The number of fused-ring (bicyclic) bond motifs is 3. The molecule has 1 unspecified atom stereocenters. The van der Waals surface area contributed by atoms with E-state index in [2.05, 4.69) is 36.2 Å². The van der Waals surface area contributed by atoms with Crippen molar-refractivity contribution in [2.45, 2.75) is 19.9 Å². The van der Waals surface area contributed by atoms with Crippen molar-refractivity contribution < 1.29 is 4.79 Å². The summed E-state index contributed by atoms with van der Waals surface area (Å²) in [5.74, 6) is 0.194. The number of hydrogen-bond donors (Lipinski definition) is 1. The Labute approximate surface area is 108 Å². The van der Waals surface area contributed by atoms with E-state index < -0.39 is 0 Å². The summed E-state index contributed by atoms with van der Waals surface area (Å²) in [6.07, 6.45) is 0. The van der Waals surface area contributed by atoms with Gasteiger partial charge in [-0.2, -0.15) is 0 Å². The average molecular weight is 245 g/mol. The average Bonchev–Trinajstić information content (AvgIpc) is 2.35. The zero-order valence-corrected chi connectivity index (χ0v) is 11.2. The summed E-state index contributed by atoms with van der Waals surface area (Å²) >= 11 is 0. The van der Waals surface area contributed by atoms with E-state index in [1.165, 1.54) is 16.8 Å². The van der Waals surface area contributed by atoms with Gasteiger partial charge in [-0.15, -0.1) is 0 Å². The predicted molar refractivity (Wildman–Crippen MR) is 73.3 cm³/mol. The van der Waals surface area contributed by atoms with Gasteiger partial charge in [0.1, 0.15) is 6.04 Å². The molecule has 0 bridgehead atoms. The fourth-order valence-corrected chi connectivity index (χ4v) is 3.10. The van der Waals surface area contributed by atoms with Crippen molar-refractivity contribution in [1.82, 2.24) is 5.32 Å². The molecule has 1 saturated heterocycles. The van der Waals surface area contributed by atoms with Crippen molar-refractivity contribution in [2.75, 3.05) is 36.5 Å². The number of aryl methyl sites for hydroxylation is 2. The van der Waals surface area contributed by atoms with Crippen molar-refractivity contribution in [3.63, 3.8) is 0 Å². The number of anilines is 2. The number of amides is 1.